The molecule has 0 unspecified atom stereocenters. The predicted octanol–water partition coefficient (Wildman–Crippen LogP) is 6.43. The molecule has 9 heteroatoms. The van der Waals surface area contributed by atoms with Gasteiger partial charge in [0.05, 0.1) is 29.1 Å². The molecule has 4 atom stereocenters. The third kappa shape index (κ3) is 4.38. The molecular weight excluding hydrogens is 569 g/mol. The van der Waals surface area contributed by atoms with Gasteiger partial charge in [-0.05, 0) is 34.9 Å². The van der Waals surface area contributed by atoms with Crippen molar-refractivity contribution in [2.24, 2.45) is 11.8 Å². The van der Waals surface area contributed by atoms with Crippen molar-refractivity contribution in [3.05, 3.63) is 138 Å². The number of para-hydroxylation sites is 2. The van der Waals surface area contributed by atoms with E-state index < -0.39 is 65.2 Å². The first-order valence-electron chi connectivity index (χ1n) is 14.2. The molecule has 3 heterocycles. The summed E-state index contributed by atoms with van der Waals surface area (Å²) in [5.74, 6) is -4.77. The molecule has 0 aliphatic carbocycles. The van der Waals surface area contributed by atoms with Gasteiger partial charge in [0, 0.05) is 5.69 Å². The quantitative estimate of drug-likeness (QED) is 0.197. The van der Waals surface area contributed by atoms with Crippen LogP contribution >= 0.6 is 0 Å². The van der Waals surface area contributed by atoms with Crippen LogP contribution in [0.1, 0.15) is 28.4 Å². The van der Waals surface area contributed by atoms with Crippen molar-refractivity contribution in [1.82, 2.24) is 0 Å². The Bertz CT molecular complexity index is 1750. The lowest BCUT2D eigenvalue weighted by Gasteiger charge is -2.36. The van der Waals surface area contributed by atoms with Gasteiger partial charge in [0.15, 0.2) is 6.10 Å². The Morgan fingerprint density at radius 1 is 0.705 bits per heavy atom. The summed E-state index contributed by atoms with van der Waals surface area (Å²) in [7, 11) is 0. The van der Waals surface area contributed by atoms with E-state index in [0.717, 1.165) is 17.7 Å². The van der Waals surface area contributed by atoms with Crippen LogP contribution in [0.5, 0.6) is 0 Å². The second-order valence-corrected chi connectivity index (χ2v) is 11.0. The fourth-order valence-corrected chi connectivity index (χ4v) is 6.70. The van der Waals surface area contributed by atoms with E-state index in [1.807, 2.05) is 78.9 Å². The van der Waals surface area contributed by atoms with Crippen molar-refractivity contribution in [2.75, 3.05) is 9.80 Å². The van der Waals surface area contributed by atoms with Gasteiger partial charge in [-0.1, -0.05) is 103 Å². The minimum absolute atomic E-state index is 0.547. The Hall–Kier alpha value is -5.18. The Morgan fingerprint density at radius 2 is 1.25 bits per heavy atom. The first-order chi connectivity index (χ1) is 21.3. The number of rotatable bonds is 5. The molecule has 6 nitrogen and oxygen atoms in total. The largest absolute Gasteiger partial charge is 0.451 e. The number of ether oxygens (including phenoxy) is 1. The van der Waals surface area contributed by atoms with E-state index in [1.54, 1.807) is 23.1 Å². The molecule has 0 spiro atoms. The van der Waals surface area contributed by atoms with Crippen LogP contribution in [0.25, 0.3) is 6.08 Å². The van der Waals surface area contributed by atoms with Crippen molar-refractivity contribution in [2.45, 2.75) is 24.4 Å². The van der Waals surface area contributed by atoms with Crippen molar-refractivity contribution in [1.29, 1.82) is 0 Å². The van der Waals surface area contributed by atoms with E-state index >= 15 is 0 Å². The average Bonchev–Trinajstić information content (AvgIpc) is 3.52. The average molecular weight is 595 g/mol. The summed E-state index contributed by atoms with van der Waals surface area (Å²) in [5.41, 5.74) is 1.17. The molecule has 0 N–H and O–H groups in total. The van der Waals surface area contributed by atoms with Gasteiger partial charge in [0.25, 0.3) is 0 Å². The molecule has 3 aliphatic rings. The van der Waals surface area contributed by atoms with Gasteiger partial charge in [0.1, 0.15) is 6.04 Å². The number of esters is 1. The van der Waals surface area contributed by atoms with Crippen LogP contribution in [0.3, 0.4) is 0 Å². The molecule has 0 bridgehead atoms. The zero-order chi connectivity index (χ0) is 30.6. The van der Waals surface area contributed by atoms with Gasteiger partial charge in [-0.15, -0.1) is 0 Å². The molecule has 3 aliphatic heterocycles. The van der Waals surface area contributed by atoms with Crippen LogP contribution in [0, 0.1) is 11.8 Å². The van der Waals surface area contributed by atoms with Crippen LogP contribution < -0.4 is 9.80 Å². The Morgan fingerprint density at radius 3 is 1.89 bits per heavy atom. The highest BCUT2D eigenvalue weighted by Crippen LogP contribution is 2.51. The number of amides is 2. The van der Waals surface area contributed by atoms with Crippen LogP contribution in [-0.2, 0) is 25.3 Å². The van der Waals surface area contributed by atoms with Crippen LogP contribution in [-0.4, -0.2) is 29.9 Å². The number of imide groups is 1. The van der Waals surface area contributed by atoms with Gasteiger partial charge < -0.3 is 9.64 Å². The highest BCUT2D eigenvalue weighted by Gasteiger charge is 2.65. The Labute approximate surface area is 251 Å². The molecule has 4 aromatic carbocycles. The molecule has 2 saturated heterocycles. The molecule has 0 saturated carbocycles. The number of nitrogens with zero attached hydrogens (tertiary/aromatic N) is 2. The fraction of sp³-hybridized carbons (Fsp3) is 0.171. The second-order valence-electron chi connectivity index (χ2n) is 11.0. The summed E-state index contributed by atoms with van der Waals surface area (Å²) >= 11 is 0. The molecule has 7 rings (SSSR count). The first kappa shape index (κ1) is 27.6. The zero-order valence-corrected chi connectivity index (χ0v) is 23.1. The van der Waals surface area contributed by atoms with E-state index in [4.69, 9.17) is 4.74 Å². The summed E-state index contributed by atoms with van der Waals surface area (Å²) in [6.07, 6.45) is -2.08. The summed E-state index contributed by atoms with van der Waals surface area (Å²) < 4.78 is 48.2. The number of carbonyl (C=O) groups is 3. The minimum Gasteiger partial charge on any atom is -0.451 e. The lowest BCUT2D eigenvalue weighted by Crippen LogP contribution is -2.49. The summed E-state index contributed by atoms with van der Waals surface area (Å²) in [6, 6.07) is 28.0. The van der Waals surface area contributed by atoms with Crippen LogP contribution in [0.4, 0.5) is 24.5 Å². The van der Waals surface area contributed by atoms with Crippen molar-refractivity contribution in [3.63, 3.8) is 0 Å². The summed E-state index contributed by atoms with van der Waals surface area (Å²) in [4.78, 5) is 44.9. The van der Waals surface area contributed by atoms with Crippen molar-refractivity contribution in [3.8, 4) is 0 Å². The standard InChI is InChI=1S/C35H25F3N2O4/c36-35(37,38)24-16-8-10-18-26(24)40-32(41)28-27-20-19-21-11-7-9-17-25(21)39(27)30(29(28)33(40)42)34(43)44-31(22-12-3-1-4-13-22)23-14-5-2-6-15-23/h1-20,27-31H/t27-,28-,29+,30-/m0/s1. The first-order valence-corrected chi connectivity index (χ1v) is 14.2. The molecule has 0 aromatic heterocycles. The minimum atomic E-state index is -4.80. The van der Waals surface area contributed by atoms with Gasteiger partial charge in [-0.2, -0.15) is 13.2 Å². The number of benzene rings is 4. The topological polar surface area (TPSA) is 66.9 Å². The lowest BCUT2D eigenvalue weighted by molar-refractivity contribution is -0.151. The maximum absolute atomic E-state index is 14.4. The number of fused-ring (bicyclic) bond motifs is 5. The Balaban J connectivity index is 1.33. The van der Waals surface area contributed by atoms with Gasteiger partial charge >= 0.3 is 12.1 Å². The smallest absolute Gasteiger partial charge is 0.418 e. The number of carbonyl (C=O) groups excluding carboxylic acids is 3. The lowest BCUT2D eigenvalue weighted by atomic mass is 9.88. The Kier molecular flexibility index (Phi) is 6.61. The molecule has 2 fully saturated rings. The molecule has 44 heavy (non-hydrogen) atoms. The maximum atomic E-state index is 14.4. The number of hydrogen-bond acceptors (Lipinski definition) is 5. The van der Waals surface area contributed by atoms with E-state index in [9.17, 15) is 27.6 Å². The van der Waals surface area contributed by atoms with E-state index in [2.05, 4.69) is 0 Å². The summed E-state index contributed by atoms with van der Waals surface area (Å²) in [6.45, 7) is 0. The van der Waals surface area contributed by atoms with Gasteiger partial charge in [-0.3, -0.25) is 9.59 Å². The van der Waals surface area contributed by atoms with Crippen molar-refractivity contribution < 1.29 is 32.3 Å². The van der Waals surface area contributed by atoms with E-state index in [0.29, 0.717) is 21.7 Å². The monoisotopic (exact) mass is 594 g/mol. The molecule has 220 valence electrons. The highest BCUT2D eigenvalue weighted by atomic mass is 19.4. The predicted molar refractivity (Wildman–Crippen MR) is 157 cm³/mol. The van der Waals surface area contributed by atoms with E-state index in [1.165, 1.54) is 12.1 Å². The molecular formula is C35H25F3N2O4. The molecule has 0 radical (unpaired) electrons. The van der Waals surface area contributed by atoms with E-state index in [-0.39, 0.29) is 0 Å². The van der Waals surface area contributed by atoms with Crippen LogP contribution in [0.2, 0.25) is 0 Å². The normalized spacial score (nSPS) is 22.2. The summed E-state index contributed by atoms with van der Waals surface area (Å²) in [5, 5.41) is 0. The highest BCUT2D eigenvalue weighted by molar-refractivity contribution is 6.25. The third-order valence-corrected chi connectivity index (χ3v) is 8.55. The fourth-order valence-electron chi connectivity index (χ4n) is 6.70. The zero-order valence-electron chi connectivity index (χ0n) is 23.1. The maximum Gasteiger partial charge on any atom is 0.418 e. The van der Waals surface area contributed by atoms with Gasteiger partial charge in [0.2, 0.25) is 11.8 Å². The second kappa shape index (κ2) is 10.5. The SMILES string of the molecule is O=C(OC(c1ccccc1)c1ccccc1)[C@@H]1[C@@H]2C(=O)N(c3ccccc3C(F)(F)F)C(=O)[C@H]2[C@@H]2C=Cc3ccccc3N12. The van der Waals surface area contributed by atoms with Gasteiger partial charge in [-0.25, -0.2) is 9.69 Å². The third-order valence-electron chi connectivity index (χ3n) is 8.55. The molecule has 2 amide bonds. The van der Waals surface area contributed by atoms with Crippen molar-refractivity contribution >= 4 is 35.2 Å². The molecule has 4 aromatic rings. The van der Waals surface area contributed by atoms with Crippen LogP contribution in [0.15, 0.2) is 115 Å². The number of alkyl halides is 3. The number of hydrogen-bond donors (Lipinski definition) is 0. The number of halogens is 3. The number of anilines is 2.